The molecule has 0 aliphatic carbocycles. The highest BCUT2D eigenvalue weighted by Gasteiger charge is 2.28. The third-order valence-electron chi connectivity index (χ3n) is 3.56. The molecule has 1 aliphatic heterocycles. The van der Waals surface area contributed by atoms with E-state index in [1.54, 1.807) is 6.07 Å². The predicted octanol–water partition coefficient (Wildman–Crippen LogP) is 0.719. The number of aromatic nitrogens is 1. The van der Waals surface area contributed by atoms with Gasteiger partial charge in [0.1, 0.15) is 6.26 Å². The lowest BCUT2D eigenvalue weighted by Gasteiger charge is -2.32. The van der Waals surface area contributed by atoms with Crippen LogP contribution in [0.15, 0.2) is 16.9 Å². The Morgan fingerprint density at radius 1 is 1.52 bits per heavy atom. The van der Waals surface area contributed by atoms with Crippen LogP contribution in [0.4, 0.5) is 0 Å². The van der Waals surface area contributed by atoms with Crippen LogP contribution in [0.3, 0.4) is 0 Å². The molecule has 2 heterocycles. The molecule has 120 valence electrons. The van der Waals surface area contributed by atoms with Gasteiger partial charge in [0.2, 0.25) is 0 Å². The normalized spacial score (nSPS) is 21.0. The molecule has 0 aromatic carbocycles. The first-order valence-corrected chi connectivity index (χ1v) is 8.79. The van der Waals surface area contributed by atoms with Crippen molar-refractivity contribution in [2.75, 3.05) is 19.6 Å². The molecule has 0 saturated carbocycles. The van der Waals surface area contributed by atoms with Gasteiger partial charge in [0.25, 0.3) is 10.2 Å². The number of piperidine rings is 1. The molecule has 1 aliphatic rings. The predicted molar refractivity (Wildman–Crippen MR) is 79.7 cm³/mol. The van der Waals surface area contributed by atoms with Crippen LogP contribution in [0, 0.1) is 5.92 Å². The minimum atomic E-state index is -3.46. The van der Waals surface area contributed by atoms with Crippen molar-refractivity contribution in [2.45, 2.75) is 39.3 Å². The van der Waals surface area contributed by atoms with Crippen molar-refractivity contribution in [3.63, 3.8) is 0 Å². The molecule has 8 heteroatoms. The highest BCUT2D eigenvalue weighted by atomic mass is 32.2. The Morgan fingerprint density at radius 2 is 2.33 bits per heavy atom. The second-order valence-corrected chi connectivity index (χ2v) is 7.50. The van der Waals surface area contributed by atoms with E-state index in [0.29, 0.717) is 30.7 Å². The fraction of sp³-hybridized carbons (Fsp3) is 0.769. The average molecular weight is 316 g/mol. The molecule has 1 atom stereocenters. The van der Waals surface area contributed by atoms with Gasteiger partial charge in [0, 0.05) is 25.2 Å². The molecule has 1 saturated heterocycles. The van der Waals surface area contributed by atoms with E-state index in [-0.39, 0.29) is 6.54 Å². The Morgan fingerprint density at radius 3 is 3.00 bits per heavy atom. The zero-order valence-corrected chi connectivity index (χ0v) is 13.4. The molecule has 0 radical (unpaired) electrons. The number of hydrogen-bond donors (Lipinski definition) is 2. The van der Waals surface area contributed by atoms with Crippen molar-refractivity contribution in [3.05, 3.63) is 18.0 Å². The summed E-state index contributed by atoms with van der Waals surface area (Å²) < 4.78 is 33.4. The molecular weight excluding hydrogens is 292 g/mol. The average Bonchev–Trinajstić information content (AvgIpc) is 2.97. The van der Waals surface area contributed by atoms with Crippen molar-refractivity contribution in [1.29, 1.82) is 0 Å². The van der Waals surface area contributed by atoms with Crippen LogP contribution < -0.4 is 10.0 Å². The Labute approximate surface area is 126 Å². The Hall–Kier alpha value is -0.960. The smallest absolute Gasteiger partial charge is 0.279 e. The quantitative estimate of drug-likeness (QED) is 0.774. The lowest BCUT2D eigenvalue weighted by molar-refractivity contribution is 0.254. The van der Waals surface area contributed by atoms with E-state index >= 15 is 0 Å². The second kappa shape index (κ2) is 7.35. The highest BCUT2D eigenvalue weighted by Crippen LogP contribution is 2.18. The van der Waals surface area contributed by atoms with Gasteiger partial charge in [-0.3, -0.25) is 0 Å². The number of hydrogen-bond acceptors (Lipinski definition) is 5. The van der Waals surface area contributed by atoms with Crippen LogP contribution in [0.25, 0.3) is 0 Å². The topological polar surface area (TPSA) is 87.5 Å². The number of nitrogens with one attached hydrogen (secondary N) is 2. The van der Waals surface area contributed by atoms with Crippen LogP contribution in [-0.2, 0) is 16.8 Å². The van der Waals surface area contributed by atoms with Crippen LogP contribution in [0.5, 0.6) is 0 Å². The minimum Gasteiger partial charge on any atom is -0.364 e. The summed E-state index contributed by atoms with van der Waals surface area (Å²) in [7, 11) is -3.46. The molecule has 0 bridgehead atoms. The molecule has 7 nitrogen and oxygen atoms in total. The van der Waals surface area contributed by atoms with Gasteiger partial charge >= 0.3 is 0 Å². The monoisotopic (exact) mass is 316 g/mol. The summed E-state index contributed by atoms with van der Waals surface area (Å²) >= 11 is 0. The summed E-state index contributed by atoms with van der Waals surface area (Å²) in [5, 5.41) is 7.08. The Bertz CT molecular complexity index is 516. The van der Waals surface area contributed by atoms with E-state index in [1.807, 2.05) is 0 Å². The van der Waals surface area contributed by atoms with Crippen LogP contribution >= 0.6 is 0 Å². The fourth-order valence-electron chi connectivity index (χ4n) is 2.40. The summed E-state index contributed by atoms with van der Waals surface area (Å²) in [5.74, 6) is 0.366. The maximum absolute atomic E-state index is 12.3. The zero-order valence-electron chi connectivity index (χ0n) is 12.6. The number of rotatable bonds is 7. The van der Waals surface area contributed by atoms with Gasteiger partial charge in [0.15, 0.2) is 0 Å². The fourth-order valence-corrected chi connectivity index (χ4v) is 3.69. The summed E-state index contributed by atoms with van der Waals surface area (Å²) in [6, 6.07) is 2.07. The number of nitrogens with zero attached hydrogens (tertiary/aromatic N) is 2. The summed E-state index contributed by atoms with van der Waals surface area (Å²) in [6.07, 6.45) is 3.39. The van der Waals surface area contributed by atoms with E-state index in [0.717, 1.165) is 19.4 Å². The van der Waals surface area contributed by atoms with Crippen molar-refractivity contribution < 1.29 is 12.9 Å². The van der Waals surface area contributed by atoms with Gasteiger partial charge in [0.05, 0.1) is 12.2 Å². The van der Waals surface area contributed by atoms with Gasteiger partial charge in [-0.2, -0.15) is 17.4 Å². The van der Waals surface area contributed by atoms with Gasteiger partial charge < -0.3 is 9.84 Å². The Kier molecular flexibility index (Phi) is 5.74. The second-order valence-electron chi connectivity index (χ2n) is 5.75. The van der Waals surface area contributed by atoms with Gasteiger partial charge in [-0.15, -0.1) is 0 Å². The maximum atomic E-state index is 12.3. The SMILES string of the molecule is CC(C)NCC1CCCN(S(=O)(=O)NCc2ccon2)C1. The van der Waals surface area contributed by atoms with Crippen molar-refractivity contribution in [3.8, 4) is 0 Å². The first-order valence-electron chi connectivity index (χ1n) is 7.35. The molecule has 1 unspecified atom stereocenters. The molecule has 1 aromatic rings. The van der Waals surface area contributed by atoms with Crippen LogP contribution in [0.1, 0.15) is 32.4 Å². The standard InChI is InChI=1S/C13H24N4O3S/c1-11(2)14-8-12-4-3-6-17(10-12)21(18,19)15-9-13-5-7-20-16-13/h5,7,11-12,14-15H,3-4,6,8-10H2,1-2H3. The third kappa shape index (κ3) is 5.06. The lowest BCUT2D eigenvalue weighted by Crippen LogP contribution is -2.47. The molecule has 21 heavy (non-hydrogen) atoms. The van der Waals surface area contributed by atoms with E-state index in [1.165, 1.54) is 10.6 Å². The van der Waals surface area contributed by atoms with E-state index < -0.39 is 10.2 Å². The van der Waals surface area contributed by atoms with E-state index in [4.69, 9.17) is 0 Å². The van der Waals surface area contributed by atoms with Gasteiger partial charge in [-0.05, 0) is 25.3 Å². The zero-order chi connectivity index (χ0) is 15.3. The maximum Gasteiger partial charge on any atom is 0.279 e. The van der Waals surface area contributed by atoms with Crippen LogP contribution in [0.2, 0.25) is 0 Å². The van der Waals surface area contributed by atoms with Gasteiger partial charge in [-0.25, -0.2) is 0 Å². The molecule has 1 aromatic heterocycles. The summed E-state index contributed by atoms with van der Waals surface area (Å²) in [6.45, 7) is 6.34. The Balaban J connectivity index is 1.86. The van der Waals surface area contributed by atoms with E-state index in [9.17, 15) is 8.42 Å². The third-order valence-corrected chi connectivity index (χ3v) is 5.08. The van der Waals surface area contributed by atoms with Crippen molar-refractivity contribution in [1.82, 2.24) is 19.5 Å². The minimum absolute atomic E-state index is 0.157. The molecule has 0 spiro atoms. The van der Waals surface area contributed by atoms with Crippen LogP contribution in [-0.4, -0.2) is 43.6 Å². The molecule has 2 N–H and O–H groups in total. The summed E-state index contributed by atoms with van der Waals surface area (Å²) in [5.41, 5.74) is 0.577. The first-order chi connectivity index (χ1) is 9.97. The molecule has 2 rings (SSSR count). The summed E-state index contributed by atoms with van der Waals surface area (Å²) in [4.78, 5) is 0. The van der Waals surface area contributed by atoms with Gasteiger partial charge in [-0.1, -0.05) is 19.0 Å². The highest BCUT2D eigenvalue weighted by molar-refractivity contribution is 7.87. The van der Waals surface area contributed by atoms with Crippen molar-refractivity contribution >= 4 is 10.2 Å². The molecule has 0 amide bonds. The lowest BCUT2D eigenvalue weighted by atomic mass is 9.99. The van der Waals surface area contributed by atoms with E-state index in [2.05, 4.69) is 33.6 Å². The largest absolute Gasteiger partial charge is 0.364 e. The first kappa shape index (κ1) is 16.4. The molecule has 1 fully saturated rings. The molecular formula is C13H24N4O3S. The van der Waals surface area contributed by atoms with Crippen molar-refractivity contribution in [2.24, 2.45) is 5.92 Å².